The van der Waals surface area contributed by atoms with Crippen molar-refractivity contribution in [3.05, 3.63) is 41.2 Å². The lowest BCUT2D eigenvalue weighted by Gasteiger charge is -2.28. The molecule has 39 heavy (non-hydrogen) atoms. The zero-order valence-electron chi connectivity index (χ0n) is 21.6. The molecule has 0 spiro atoms. The van der Waals surface area contributed by atoms with Crippen LogP contribution in [0.25, 0.3) is 0 Å². The molecule has 2 aliphatic heterocycles. The third-order valence-electron chi connectivity index (χ3n) is 6.13. The molecule has 1 aromatic heterocycles. The van der Waals surface area contributed by atoms with Gasteiger partial charge in [0.05, 0.1) is 12.3 Å². The van der Waals surface area contributed by atoms with E-state index in [1.54, 1.807) is 26.0 Å². The minimum Gasteiger partial charge on any atom is -0.535 e. The van der Waals surface area contributed by atoms with Gasteiger partial charge in [-0.3, -0.25) is 9.59 Å². The van der Waals surface area contributed by atoms with Gasteiger partial charge in [-0.1, -0.05) is 17.3 Å². The van der Waals surface area contributed by atoms with Crippen LogP contribution in [0.5, 0.6) is 5.75 Å². The third-order valence-corrected chi connectivity index (χ3v) is 6.13. The van der Waals surface area contributed by atoms with Crippen molar-refractivity contribution < 1.29 is 43.1 Å². The van der Waals surface area contributed by atoms with Crippen molar-refractivity contribution in [1.29, 1.82) is 0 Å². The average molecular weight is 543 g/mol. The topological polar surface area (TPSA) is 180 Å². The predicted octanol–water partition coefficient (Wildman–Crippen LogP) is 0.491. The number of carbonyl (C=O) groups is 4. The highest BCUT2D eigenvalue weighted by Crippen LogP contribution is 2.36. The SMILES string of the molecule is CC(C)OC(=O)OCOC(=O)c1cccc2c1OB(O)[C@@H](CC(=O)Cn1cc(C(=O)N[C@H]3CCNC3)nn1)C2. The van der Waals surface area contributed by atoms with Gasteiger partial charge in [0.25, 0.3) is 5.91 Å². The Hall–Kier alpha value is -3.98. The number of rotatable bonds is 10. The summed E-state index contributed by atoms with van der Waals surface area (Å²) in [4.78, 5) is 49.0. The molecule has 1 fully saturated rings. The van der Waals surface area contributed by atoms with Gasteiger partial charge in [0.15, 0.2) is 11.5 Å². The van der Waals surface area contributed by atoms with Crippen LogP contribution >= 0.6 is 0 Å². The standard InChI is InChI=1S/C24H30BN5O9/c1-14(2)38-24(34)37-13-36-23(33)19-5-3-4-15-8-16(25(35)39-21(15)19)9-18(31)11-30-12-20(28-29-30)22(32)27-17-6-7-26-10-17/h3-5,12,14,16-17,26,35H,6-11,13H2,1-2H3,(H,27,32)/t16-,17+/m1/s1. The Morgan fingerprint density at radius 1 is 1.28 bits per heavy atom. The van der Waals surface area contributed by atoms with E-state index in [4.69, 9.17) is 18.9 Å². The number of fused-ring (bicyclic) bond motifs is 1. The summed E-state index contributed by atoms with van der Waals surface area (Å²) in [5.41, 5.74) is 0.763. The first-order valence-electron chi connectivity index (χ1n) is 12.6. The molecular weight excluding hydrogens is 513 g/mol. The van der Waals surface area contributed by atoms with Crippen molar-refractivity contribution in [2.45, 2.75) is 57.6 Å². The zero-order chi connectivity index (χ0) is 27.9. The van der Waals surface area contributed by atoms with Crippen LogP contribution in [-0.2, 0) is 32.0 Å². The molecule has 0 radical (unpaired) electrons. The predicted molar refractivity (Wildman–Crippen MR) is 134 cm³/mol. The van der Waals surface area contributed by atoms with E-state index < -0.39 is 31.9 Å². The molecule has 2 aliphatic rings. The van der Waals surface area contributed by atoms with Gasteiger partial charge in [-0.2, -0.15) is 0 Å². The normalized spacial score (nSPS) is 18.2. The fourth-order valence-corrected chi connectivity index (χ4v) is 4.31. The molecule has 2 aromatic rings. The van der Waals surface area contributed by atoms with Crippen LogP contribution in [-0.4, -0.2) is 83.0 Å². The number of ether oxygens (including phenoxy) is 3. The Morgan fingerprint density at radius 3 is 2.85 bits per heavy atom. The number of carbonyl (C=O) groups excluding carboxylic acids is 4. The number of nitrogens with zero attached hydrogens (tertiary/aromatic N) is 3. The first kappa shape index (κ1) is 28.0. The number of hydrogen-bond donors (Lipinski definition) is 3. The minimum absolute atomic E-state index is 0.0315. The monoisotopic (exact) mass is 543 g/mol. The van der Waals surface area contributed by atoms with E-state index in [0.29, 0.717) is 12.1 Å². The average Bonchev–Trinajstić information content (AvgIpc) is 3.56. The number of amides is 1. The molecule has 3 N–H and O–H groups in total. The summed E-state index contributed by atoms with van der Waals surface area (Å²) < 4.78 is 21.3. The Balaban J connectivity index is 1.30. The van der Waals surface area contributed by atoms with Crippen LogP contribution in [0.4, 0.5) is 4.79 Å². The summed E-state index contributed by atoms with van der Waals surface area (Å²) in [6.45, 7) is 4.04. The Bertz CT molecular complexity index is 1210. The van der Waals surface area contributed by atoms with E-state index in [1.165, 1.54) is 16.9 Å². The van der Waals surface area contributed by atoms with E-state index in [9.17, 15) is 24.2 Å². The molecule has 1 aromatic carbocycles. The molecule has 4 rings (SSSR count). The van der Waals surface area contributed by atoms with Crippen molar-refractivity contribution >= 4 is 30.9 Å². The van der Waals surface area contributed by atoms with E-state index in [0.717, 1.165) is 13.0 Å². The van der Waals surface area contributed by atoms with E-state index in [2.05, 4.69) is 20.9 Å². The van der Waals surface area contributed by atoms with Crippen molar-refractivity contribution in [2.24, 2.45) is 0 Å². The van der Waals surface area contributed by atoms with Gasteiger partial charge in [-0.05, 0) is 44.9 Å². The maximum Gasteiger partial charge on any atom is 0.526 e. The number of nitrogens with one attached hydrogen (secondary N) is 2. The molecule has 3 heterocycles. The van der Waals surface area contributed by atoms with Crippen LogP contribution in [0, 0.1) is 0 Å². The van der Waals surface area contributed by atoms with E-state index >= 15 is 0 Å². The molecule has 208 valence electrons. The maximum absolute atomic E-state index is 12.7. The Morgan fingerprint density at radius 2 is 2.10 bits per heavy atom. The second-order valence-electron chi connectivity index (χ2n) is 9.58. The molecule has 1 saturated heterocycles. The van der Waals surface area contributed by atoms with Gasteiger partial charge in [0.2, 0.25) is 6.79 Å². The summed E-state index contributed by atoms with van der Waals surface area (Å²) in [7, 11) is -1.36. The smallest absolute Gasteiger partial charge is 0.526 e. The molecule has 0 saturated carbocycles. The lowest BCUT2D eigenvalue weighted by atomic mass is 9.64. The highest BCUT2D eigenvalue weighted by Gasteiger charge is 2.38. The zero-order valence-corrected chi connectivity index (χ0v) is 21.6. The Kier molecular flexibility index (Phi) is 9.14. The number of hydrogen-bond acceptors (Lipinski definition) is 12. The summed E-state index contributed by atoms with van der Waals surface area (Å²) >= 11 is 0. The highest BCUT2D eigenvalue weighted by molar-refractivity contribution is 6.47. The second-order valence-corrected chi connectivity index (χ2v) is 9.58. The van der Waals surface area contributed by atoms with Crippen LogP contribution in [0.15, 0.2) is 24.4 Å². The molecule has 15 heteroatoms. The van der Waals surface area contributed by atoms with Gasteiger partial charge in [-0.15, -0.1) is 5.10 Å². The first-order valence-corrected chi connectivity index (χ1v) is 12.6. The molecule has 0 aliphatic carbocycles. The number of ketones is 1. The molecule has 1 amide bonds. The molecule has 14 nitrogen and oxygen atoms in total. The summed E-state index contributed by atoms with van der Waals surface area (Å²) in [5, 5.41) is 24.3. The van der Waals surface area contributed by atoms with Crippen molar-refractivity contribution in [2.75, 3.05) is 19.9 Å². The fraction of sp³-hybridized carbons (Fsp3) is 0.500. The maximum atomic E-state index is 12.7. The minimum atomic E-state index is -1.36. The molecule has 2 atom stereocenters. The van der Waals surface area contributed by atoms with Crippen LogP contribution < -0.4 is 15.3 Å². The van der Waals surface area contributed by atoms with E-state index in [-0.39, 0.29) is 60.2 Å². The summed E-state index contributed by atoms with van der Waals surface area (Å²) in [5.74, 6) is -1.86. The van der Waals surface area contributed by atoms with Crippen molar-refractivity contribution in [3.63, 3.8) is 0 Å². The van der Waals surface area contributed by atoms with Gasteiger partial charge in [-0.25, -0.2) is 14.3 Å². The van der Waals surface area contributed by atoms with Crippen LogP contribution in [0.2, 0.25) is 5.82 Å². The largest absolute Gasteiger partial charge is 0.535 e. The first-order chi connectivity index (χ1) is 18.7. The highest BCUT2D eigenvalue weighted by atomic mass is 16.8. The number of para-hydroxylation sites is 1. The number of esters is 1. The molecular formula is C24H30BN5O9. The quantitative estimate of drug-likeness (QED) is 0.215. The number of Topliss-reactive ketones (excluding diaryl/α,β-unsaturated/α-hetero) is 1. The van der Waals surface area contributed by atoms with Gasteiger partial charge >= 0.3 is 19.2 Å². The van der Waals surface area contributed by atoms with Gasteiger partial charge in [0, 0.05) is 24.8 Å². The van der Waals surface area contributed by atoms with Gasteiger partial charge in [0.1, 0.15) is 17.9 Å². The van der Waals surface area contributed by atoms with Crippen LogP contribution in [0.3, 0.4) is 0 Å². The number of benzene rings is 1. The van der Waals surface area contributed by atoms with Crippen molar-refractivity contribution in [3.8, 4) is 5.75 Å². The summed E-state index contributed by atoms with van der Waals surface area (Å²) in [6, 6.07) is 4.82. The fourth-order valence-electron chi connectivity index (χ4n) is 4.31. The molecule has 0 unspecified atom stereocenters. The van der Waals surface area contributed by atoms with Crippen molar-refractivity contribution in [1.82, 2.24) is 25.6 Å². The van der Waals surface area contributed by atoms with Crippen LogP contribution in [0.1, 0.15) is 53.1 Å². The Labute approximate surface area is 224 Å². The molecule has 0 bridgehead atoms. The lowest BCUT2D eigenvalue weighted by molar-refractivity contribution is -0.120. The second kappa shape index (κ2) is 12.7. The summed E-state index contributed by atoms with van der Waals surface area (Å²) in [6.07, 6.45) is 1.11. The number of aromatic nitrogens is 3. The lowest BCUT2D eigenvalue weighted by Crippen LogP contribution is -2.36. The third kappa shape index (κ3) is 7.54. The van der Waals surface area contributed by atoms with E-state index in [1.807, 2.05) is 0 Å². The van der Waals surface area contributed by atoms with Gasteiger partial charge < -0.3 is 34.5 Å².